The number of hydrogen-bond donors (Lipinski definition) is 1. The summed E-state index contributed by atoms with van der Waals surface area (Å²) < 4.78 is 19.0. The number of amides is 2. The average Bonchev–Trinajstić information content (AvgIpc) is 2.74. The van der Waals surface area contributed by atoms with Crippen LogP contribution in [0.2, 0.25) is 0 Å². The van der Waals surface area contributed by atoms with Gasteiger partial charge in [0.15, 0.2) is 6.61 Å². The number of unbranched alkanes of at least 4 members (excludes halogenated alkanes) is 1. The van der Waals surface area contributed by atoms with E-state index in [9.17, 15) is 14.0 Å². The highest BCUT2D eigenvalue weighted by Gasteiger charge is 2.28. The van der Waals surface area contributed by atoms with E-state index in [1.54, 1.807) is 12.1 Å². The monoisotopic (exact) mass is 414 g/mol. The maximum absolute atomic E-state index is 13.3. The summed E-state index contributed by atoms with van der Waals surface area (Å²) in [6.45, 7) is 6.44. The minimum absolute atomic E-state index is 0.176. The smallest absolute Gasteiger partial charge is 0.261 e. The molecule has 6 heteroatoms. The Kier molecular flexibility index (Phi) is 9.32. The molecular weight excluding hydrogens is 383 g/mol. The molecule has 2 aromatic rings. The maximum atomic E-state index is 13.3. The van der Waals surface area contributed by atoms with Gasteiger partial charge in [0.25, 0.3) is 5.91 Å². The van der Waals surface area contributed by atoms with Gasteiger partial charge < -0.3 is 15.0 Å². The summed E-state index contributed by atoms with van der Waals surface area (Å²) >= 11 is 0. The summed E-state index contributed by atoms with van der Waals surface area (Å²) in [5.41, 5.74) is 1.68. The third-order valence-electron chi connectivity index (χ3n) is 4.93. The first-order valence-corrected chi connectivity index (χ1v) is 10.5. The van der Waals surface area contributed by atoms with E-state index < -0.39 is 6.04 Å². The van der Waals surface area contributed by atoms with Gasteiger partial charge in [-0.3, -0.25) is 9.59 Å². The Hall–Kier alpha value is -2.89. The predicted octanol–water partition coefficient (Wildman–Crippen LogP) is 4.24. The molecule has 0 fully saturated rings. The lowest BCUT2D eigenvalue weighted by Crippen LogP contribution is -2.50. The molecule has 0 spiro atoms. The molecule has 2 amide bonds. The second kappa shape index (κ2) is 12.0. The molecule has 5 nitrogen and oxygen atoms in total. The van der Waals surface area contributed by atoms with Crippen molar-refractivity contribution in [3.05, 3.63) is 65.5 Å². The molecule has 1 N–H and O–H groups in total. The van der Waals surface area contributed by atoms with Crippen LogP contribution >= 0.6 is 0 Å². The summed E-state index contributed by atoms with van der Waals surface area (Å²) in [5, 5.41) is 2.91. The van der Waals surface area contributed by atoms with E-state index in [2.05, 4.69) is 12.2 Å². The van der Waals surface area contributed by atoms with E-state index in [0.717, 1.165) is 24.0 Å². The Morgan fingerprint density at radius 1 is 1.10 bits per heavy atom. The number of carbonyl (C=O) groups excluding carboxylic acids is 2. The highest BCUT2D eigenvalue weighted by molar-refractivity contribution is 5.88. The SMILES string of the molecule is CCCCNC(=O)[C@H](CC)N(Cc1ccc(F)cc1)C(=O)COc1ccccc1C. The van der Waals surface area contributed by atoms with Gasteiger partial charge in [0.05, 0.1) is 0 Å². The first-order valence-electron chi connectivity index (χ1n) is 10.5. The highest BCUT2D eigenvalue weighted by atomic mass is 19.1. The van der Waals surface area contributed by atoms with E-state index in [1.165, 1.54) is 17.0 Å². The zero-order valence-corrected chi connectivity index (χ0v) is 18.0. The molecule has 0 aliphatic heterocycles. The number of rotatable bonds is 11. The predicted molar refractivity (Wildman–Crippen MR) is 116 cm³/mol. The van der Waals surface area contributed by atoms with Gasteiger partial charge in [0.1, 0.15) is 17.6 Å². The van der Waals surface area contributed by atoms with Crippen molar-refractivity contribution in [2.45, 2.75) is 52.6 Å². The van der Waals surface area contributed by atoms with Crippen molar-refractivity contribution in [2.24, 2.45) is 0 Å². The third-order valence-corrected chi connectivity index (χ3v) is 4.93. The number of halogens is 1. The number of para-hydroxylation sites is 1. The number of carbonyl (C=O) groups is 2. The quantitative estimate of drug-likeness (QED) is 0.560. The molecule has 2 aromatic carbocycles. The molecule has 30 heavy (non-hydrogen) atoms. The van der Waals surface area contributed by atoms with Crippen molar-refractivity contribution < 1.29 is 18.7 Å². The Morgan fingerprint density at radius 3 is 2.43 bits per heavy atom. The van der Waals surface area contributed by atoms with Crippen molar-refractivity contribution in [1.29, 1.82) is 0 Å². The van der Waals surface area contributed by atoms with Crippen molar-refractivity contribution >= 4 is 11.8 Å². The van der Waals surface area contributed by atoms with Gasteiger partial charge in [-0.25, -0.2) is 4.39 Å². The topological polar surface area (TPSA) is 58.6 Å². The van der Waals surface area contributed by atoms with Crippen LogP contribution < -0.4 is 10.1 Å². The van der Waals surface area contributed by atoms with Gasteiger partial charge in [-0.15, -0.1) is 0 Å². The molecular formula is C24H31FN2O3. The molecule has 0 aliphatic rings. The van der Waals surface area contributed by atoms with Crippen LogP contribution in [0.15, 0.2) is 48.5 Å². The van der Waals surface area contributed by atoms with Crippen molar-refractivity contribution in [3.63, 3.8) is 0 Å². The second-order valence-corrected chi connectivity index (χ2v) is 7.27. The number of nitrogens with zero attached hydrogens (tertiary/aromatic N) is 1. The van der Waals surface area contributed by atoms with Crippen LogP contribution in [-0.4, -0.2) is 35.9 Å². The molecule has 0 unspecified atom stereocenters. The van der Waals surface area contributed by atoms with Crippen LogP contribution in [0.1, 0.15) is 44.2 Å². The number of hydrogen-bond acceptors (Lipinski definition) is 3. The lowest BCUT2D eigenvalue weighted by atomic mass is 10.1. The lowest BCUT2D eigenvalue weighted by molar-refractivity contribution is -0.143. The molecule has 0 saturated carbocycles. The zero-order valence-electron chi connectivity index (χ0n) is 18.0. The Morgan fingerprint density at radius 2 is 1.80 bits per heavy atom. The fourth-order valence-corrected chi connectivity index (χ4v) is 3.15. The number of nitrogens with one attached hydrogen (secondary N) is 1. The summed E-state index contributed by atoms with van der Waals surface area (Å²) in [5.74, 6) is -0.186. The summed E-state index contributed by atoms with van der Waals surface area (Å²) in [4.78, 5) is 27.4. The fourth-order valence-electron chi connectivity index (χ4n) is 3.15. The molecule has 0 heterocycles. The molecule has 0 aromatic heterocycles. The maximum Gasteiger partial charge on any atom is 0.261 e. The first-order chi connectivity index (χ1) is 14.5. The summed E-state index contributed by atoms with van der Waals surface area (Å²) in [7, 11) is 0. The third kappa shape index (κ3) is 6.87. The molecule has 162 valence electrons. The molecule has 1 atom stereocenters. The number of ether oxygens (including phenoxy) is 1. The second-order valence-electron chi connectivity index (χ2n) is 7.27. The van der Waals surface area contributed by atoms with Gasteiger partial charge in [0.2, 0.25) is 5.91 Å². The minimum Gasteiger partial charge on any atom is -0.484 e. The Balaban J connectivity index is 2.17. The van der Waals surface area contributed by atoms with Gasteiger partial charge >= 0.3 is 0 Å². The molecule has 0 bridgehead atoms. The highest BCUT2D eigenvalue weighted by Crippen LogP contribution is 2.18. The van der Waals surface area contributed by atoms with Gasteiger partial charge in [-0.2, -0.15) is 0 Å². The van der Waals surface area contributed by atoms with Crippen LogP contribution in [0.5, 0.6) is 5.75 Å². The fraction of sp³-hybridized carbons (Fsp3) is 0.417. The normalized spacial score (nSPS) is 11.6. The van der Waals surface area contributed by atoms with E-state index in [4.69, 9.17) is 4.74 Å². The van der Waals surface area contributed by atoms with E-state index in [0.29, 0.717) is 18.7 Å². The van der Waals surface area contributed by atoms with Crippen LogP contribution in [0.3, 0.4) is 0 Å². The van der Waals surface area contributed by atoms with Gasteiger partial charge in [-0.1, -0.05) is 50.6 Å². The van der Waals surface area contributed by atoms with E-state index in [1.807, 2.05) is 38.1 Å². The summed E-state index contributed by atoms with van der Waals surface area (Å²) in [6.07, 6.45) is 2.32. The number of benzene rings is 2. The number of aryl methyl sites for hydroxylation is 1. The molecule has 0 saturated heterocycles. The van der Waals surface area contributed by atoms with E-state index in [-0.39, 0.29) is 30.8 Å². The minimum atomic E-state index is -0.625. The van der Waals surface area contributed by atoms with Crippen molar-refractivity contribution in [1.82, 2.24) is 10.2 Å². The largest absolute Gasteiger partial charge is 0.484 e. The van der Waals surface area contributed by atoms with Gasteiger partial charge in [-0.05, 0) is 49.1 Å². The summed E-state index contributed by atoms with van der Waals surface area (Å²) in [6, 6.07) is 12.8. The molecule has 2 rings (SSSR count). The van der Waals surface area contributed by atoms with Crippen LogP contribution in [0.25, 0.3) is 0 Å². The van der Waals surface area contributed by atoms with Gasteiger partial charge in [0, 0.05) is 13.1 Å². The van der Waals surface area contributed by atoms with Crippen molar-refractivity contribution in [2.75, 3.05) is 13.2 Å². The first kappa shape index (κ1) is 23.4. The van der Waals surface area contributed by atoms with Crippen molar-refractivity contribution in [3.8, 4) is 5.75 Å². The Bertz CT molecular complexity index is 823. The molecule has 0 radical (unpaired) electrons. The van der Waals surface area contributed by atoms with Crippen LogP contribution in [0, 0.1) is 12.7 Å². The average molecular weight is 415 g/mol. The lowest BCUT2D eigenvalue weighted by Gasteiger charge is -2.30. The van der Waals surface area contributed by atoms with E-state index >= 15 is 0 Å². The Labute approximate surface area is 178 Å². The van der Waals surface area contributed by atoms with Crippen LogP contribution in [0.4, 0.5) is 4.39 Å². The standard InChI is InChI=1S/C24H31FN2O3/c1-4-6-15-26-24(29)21(5-2)27(16-19-11-13-20(25)14-12-19)23(28)17-30-22-10-8-7-9-18(22)3/h7-14,21H,4-6,15-17H2,1-3H3,(H,26,29)/t21-/m0/s1. The van der Waals surface area contributed by atoms with Crippen LogP contribution in [-0.2, 0) is 16.1 Å². The zero-order chi connectivity index (χ0) is 21.9. The molecule has 0 aliphatic carbocycles.